The molecule has 0 saturated carbocycles. The molecule has 0 spiro atoms. The minimum absolute atomic E-state index is 0.0440. The lowest BCUT2D eigenvalue weighted by molar-refractivity contribution is -0.154. The number of methoxy groups -OCH3 is 1. The molecule has 0 aromatic heterocycles. The highest BCUT2D eigenvalue weighted by molar-refractivity contribution is 5.99. The quantitative estimate of drug-likeness (QED) is 0.671. The van der Waals surface area contributed by atoms with Crippen LogP contribution in [0.2, 0.25) is 0 Å². The Morgan fingerprint density at radius 1 is 1.32 bits per heavy atom. The van der Waals surface area contributed by atoms with Crippen LogP contribution in [0.4, 0.5) is 0 Å². The fraction of sp³-hybridized carbons (Fsp3) is 0.846. The summed E-state index contributed by atoms with van der Waals surface area (Å²) in [6.07, 6.45) is 0.575. The van der Waals surface area contributed by atoms with Crippen LogP contribution in [0.3, 0.4) is 0 Å². The Labute approximate surface area is 114 Å². The summed E-state index contributed by atoms with van der Waals surface area (Å²) in [5.74, 6) is -0.154. The summed E-state index contributed by atoms with van der Waals surface area (Å²) in [6.45, 7) is 7.23. The monoisotopic (exact) mass is 272 g/mol. The molecular formula is C13H24N2O4. The maximum atomic E-state index is 12.4. The van der Waals surface area contributed by atoms with E-state index in [1.807, 2.05) is 6.92 Å². The van der Waals surface area contributed by atoms with Crippen LogP contribution in [0.25, 0.3) is 0 Å². The van der Waals surface area contributed by atoms with Gasteiger partial charge < -0.3 is 19.7 Å². The molecule has 1 heterocycles. The van der Waals surface area contributed by atoms with Gasteiger partial charge in [-0.05, 0) is 20.3 Å². The van der Waals surface area contributed by atoms with Crippen LogP contribution in [0, 0.1) is 0 Å². The van der Waals surface area contributed by atoms with Crippen molar-refractivity contribution in [3.8, 4) is 0 Å². The lowest BCUT2D eigenvalue weighted by Gasteiger charge is -2.42. The number of hydrogen-bond acceptors (Lipinski definition) is 4. The van der Waals surface area contributed by atoms with E-state index in [2.05, 4.69) is 5.32 Å². The van der Waals surface area contributed by atoms with Crippen molar-refractivity contribution in [3.05, 3.63) is 0 Å². The third-order valence-electron chi connectivity index (χ3n) is 3.59. The maximum absolute atomic E-state index is 12.4. The molecule has 6 nitrogen and oxygen atoms in total. The number of carbonyl (C=O) groups is 2. The average molecular weight is 272 g/mol. The van der Waals surface area contributed by atoms with Crippen LogP contribution in [0.1, 0.15) is 27.2 Å². The van der Waals surface area contributed by atoms with Crippen LogP contribution >= 0.6 is 0 Å². The second kappa shape index (κ2) is 6.86. The van der Waals surface area contributed by atoms with Gasteiger partial charge in [-0.15, -0.1) is 0 Å². The third kappa shape index (κ3) is 3.67. The predicted octanol–water partition coefficient (Wildman–Crippen LogP) is 0.165. The molecule has 1 fully saturated rings. The van der Waals surface area contributed by atoms with E-state index < -0.39 is 11.6 Å². The molecule has 0 aromatic carbocycles. The van der Waals surface area contributed by atoms with Gasteiger partial charge in [-0.3, -0.25) is 9.59 Å². The highest BCUT2D eigenvalue weighted by Gasteiger charge is 2.44. The molecule has 1 N–H and O–H groups in total. The number of amides is 2. The van der Waals surface area contributed by atoms with Gasteiger partial charge in [0.05, 0.1) is 19.8 Å². The first-order valence-electron chi connectivity index (χ1n) is 6.66. The maximum Gasteiger partial charge on any atom is 0.248 e. The lowest BCUT2D eigenvalue weighted by Crippen LogP contribution is -2.68. The van der Waals surface area contributed by atoms with Crippen LogP contribution < -0.4 is 5.32 Å². The number of rotatable bonds is 7. The number of piperazine rings is 1. The summed E-state index contributed by atoms with van der Waals surface area (Å²) in [5, 5.41) is 2.79. The Bertz CT molecular complexity index is 335. The van der Waals surface area contributed by atoms with Crippen molar-refractivity contribution < 1.29 is 19.1 Å². The predicted molar refractivity (Wildman–Crippen MR) is 70.7 cm³/mol. The van der Waals surface area contributed by atoms with E-state index in [0.29, 0.717) is 32.8 Å². The van der Waals surface area contributed by atoms with Gasteiger partial charge in [-0.1, -0.05) is 6.92 Å². The number of hydrogen-bond donors (Lipinski definition) is 1. The van der Waals surface area contributed by atoms with Crippen LogP contribution in [0.5, 0.6) is 0 Å². The van der Waals surface area contributed by atoms with Gasteiger partial charge in [-0.2, -0.15) is 0 Å². The fourth-order valence-corrected chi connectivity index (χ4v) is 2.01. The zero-order valence-electron chi connectivity index (χ0n) is 12.2. The van der Waals surface area contributed by atoms with E-state index in [-0.39, 0.29) is 11.8 Å². The Hall–Kier alpha value is -1.14. The second-order valence-electron chi connectivity index (χ2n) is 4.95. The number of nitrogens with zero attached hydrogens (tertiary/aromatic N) is 1. The van der Waals surface area contributed by atoms with Crippen molar-refractivity contribution >= 4 is 11.8 Å². The first-order valence-corrected chi connectivity index (χ1v) is 6.66. The minimum atomic E-state index is -0.796. The van der Waals surface area contributed by atoms with E-state index in [4.69, 9.17) is 9.47 Å². The fourth-order valence-electron chi connectivity index (χ4n) is 2.01. The lowest BCUT2D eigenvalue weighted by atomic mass is 9.92. The molecule has 0 bridgehead atoms. The largest absolute Gasteiger partial charge is 0.382 e. The standard InChI is InChI=1S/C13H24N2O4/c1-5-13(3)12(17)15(10(2)11(16)14-13)6-7-19-9-8-18-4/h10H,5-9H2,1-4H3,(H,14,16). The summed E-state index contributed by atoms with van der Waals surface area (Å²) < 4.78 is 10.2. The van der Waals surface area contributed by atoms with Gasteiger partial charge >= 0.3 is 0 Å². The van der Waals surface area contributed by atoms with E-state index in [1.54, 1.807) is 25.9 Å². The van der Waals surface area contributed by atoms with Crippen LogP contribution in [-0.4, -0.2) is 61.8 Å². The van der Waals surface area contributed by atoms with E-state index in [1.165, 1.54) is 0 Å². The summed E-state index contributed by atoms with van der Waals surface area (Å²) in [4.78, 5) is 25.9. The van der Waals surface area contributed by atoms with Crippen LogP contribution in [0.15, 0.2) is 0 Å². The van der Waals surface area contributed by atoms with Crippen molar-refractivity contribution in [3.63, 3.8) is 0 Å². The van der Waals surface area contributed by atoms with E-state index in [0.717, 1.165) is 0 Å². The van der Waals surface area contributed by atoms with E-state index >= 15 is 0 Å². The minimum Gasteiger partial charge on any atom is -0.382 e. The van der Waals surface area contributed by atoms with Gasteiger partial charge in [-0.25, -0.2) is 0 Å². The highest BCUT2D eigenvalue weighted by atomic mass is 16.5. The topological polar surface area (TPSA) is 67.9 Å². The molecule has 0 radical (unpaired) electrons. The molecule has 110 valence electrons. The summed E-state index contributed by atoms with van der Waals surface area (Å²) in [6, 6.07) is -0.446. The molecular weight excluding hydrogens is 248 g/mol. The van der Waals surface area contributed by atoms with E-state index in [9.17, 15) is 9.59 Å². The number of ether oxygens (including phenoxy) is 2. The number of nitrogens with one attached hydrogen (secondary N) is 1. The van der Waals surface area contributed by atoms with Gasteiger partial charge in [0, 0.05) is 13.7 Å². The molecule has 19 heavy (non-hydrogen) atoms. The Kier molecular flexibility index (Phi) is 5.75. The number of carbonyl (C=O) groups excluding carboxylic acids is 2. The van der Waals surface area contributed by atoms with Gasteiger partial charge in [0.25, 0.3) is 0 Å². The molecule has 1 saturated heterocycles. The summed E-state index contributed by atoms with van der Waals surface area (Å²) >= 11 is 0. The Balaban J connectivity index is 2.58. The summed E-state index contributed by atoms with van der Waals surface area (Å²) in [5.41, 5.74) is -0.796. The van der Waals surface area contributed by atoms with Crippen molar-refractivity contribution in [2.45, 2.75) is 38.8 Å². The SMILES string of the molecule is CCC1(C)NC(=O)C(C)N(CCOCCOC)C1=O. The molecule has 6 heteroatoms. The van der Waals surface area contributed by atoms with Crippen molar-refractivity contribution in [2.75, 3.05) is 33.5 Å². The zero-order chi connectivity index (χ0) is 14.5. The van der Waals surface area contributed by atoms with Crippen molar-refractivity contribution in [1.29, 1.82) is 0 Å². The second-order valence-corrected chi connectivity index (χ2v) is 4.95. The molecule has 1 rings (SSSR count). The first-order chi connectivity index (χ1) is 8.96. The van der Waals surface area contributed by atoms with Crippen molar-refractivity contribution in [2.24, 2.45) is 0 Å². The molecule has 1 aliphatic rings. The molecule has 2 unspecified atom stereocenters. The first kappa shape index (κ1) is 15.9. The smallest absolute Gasteiger partial charge is 0.248 e. The normalized spacial score (nSPS) is 27.6. The molecule has 1 aliphatic heterocycles. The summed E-state index contributed by atoms with van der Waals surface area (Å²) in [7, 11) is 1.61. The Morgan fingerprint density at radius 2 is 2.00 bits per heavy atom. The molecule has 2 amide bonds. The van der Waals surface area contributed by atoms with Crippen LogP contribution in [-0.2, 0) is 19.1 Å². The van der Waals surface area contributed by atoms with Gasteiger partial charge in [0.1, 0.15) is 11.6 Å². The average Bonchev–Trinajstić information content (AvgIpc) is 2.40. The molecule has 2 atom stereocenters. The molecule has 0 aromatic rings. The molecule has 0 aliphatic carbocycles. The van der Waals surface area contributed by atoms with Crippen molar-refractivity contribution in [1.82, 2.24) is 10.2 Å². The third-order valence-corrected chi connectivity index (χ3v) is 3.59. The zero-order valence-corrected chi connectivity index (χ0v) is 12.2. The highest BCUT2D eigenvalue weighted by Crippen LogP contribution is 2.20. The van der Waals surface area contributed by atoms with Gasteiger partial charge in [0.2, 0.25) is 11.8 Å². The Morgan fingerprint density at radius 3 is 2.58 bits per heavy atom. The van der Waals surface area contributed by atoms with Gasteiger partial charge in [0.15, 0.2) is 0 Å².